The van der Waals surface area contributed by atoms with Gasteiger partial charge in [0.1, 0.15) is 11.1 Å². The van der Waals surface area contributed by atoms with Crippen molar-refractivity contribution in [2.45, 2.75) is 31.3 Å². The second kappa shape index (κ2) is 6.54. The highest BCUT2D eigenvalue weighted by Gasteiger charge is 2.30. The maximum atomic E-state index is 13.9. The van der Waals surface area contributed by atoms with Gasteiger partial charge in [0, 0.05) is 18.1 Å². The molecule has 0 spiro atoms. The number of hydrogen-bond acceptors (Lipinski definition) is 3. The molecule has 1 N–H and O–H groups in total. The van der Waals surface area contributed by atoms with E-state index in [1.54, 1.807) is 29.1 Å². The summed E-state index contributed by atoms with van der Waals surface area (Å²) in [6, 6.07) is 7.59. The van der Waals surface area contributed by atoms with Gasteiger partial charge in [-0.15, -0.1) is 0 Å². The van der Waals surface area contributed by atoms with Gasteiger partial charge < -0.3 is 9.88 Å². The van der Waals surface area contributed by atoms with Gasteiger partial charge in [0.15, 0.2) is 9.84 Å². The lowest BCUT2D eigenvalue weighted by Gasteiger charge is -2.16. The summed E-state index contributed by atoms with van der Waals surface area (Å²) >= 11 is 0. The van der Waals surface area contributed by atoms with Crippen molar-refractivity contribution in [3.8, 4) is 5.69 Å². The van der Waals surface area contributed by atoms with Crippen molar-refractivity contribution in [1.82, 2.24) is 4.57 Å². The zero-order chi connectivity index (χ0) is 17.2. The second-order valence-electron chi connectivity index (χ2n) is 5.53. The number of benzene rings is 1. The molecule has 5 nitrogen and oxygen atoms in total. The Bertz CT molecular complexity index is 799. The number of carbonyl (C=O) groups excluding carboxylic acids is 1. The highest BCUT2D eigenvalue weighted by Crippen LogP contribution is 2.20. The Morgan fingerprint density at radius 3 is 2.35 bits per heavy atom. The molecule has 0 aliphatic rings. The molecule has 124 valence electrons. The molecule has 1 aromatic carbocycles. The molecule has 1 atom stereocenters. The first-order chi connectivity index (χ1) is 10.7. The SMILES string of the molecule is CC(C)S(=O)(=O)[C@@H](C)C(=O)Nc1ccc(F)c(-n2cccc2)c1. The maximum Gasteiger partial charge on any atom is 0.242 e. The zero-order valence-electron chi connectivity index (χ0n) is 13.2. The van der Waals surface area contributed by atoms with Gasteiger partial charge in [-0.25, -0.2) is 12.8 Å². The molecule has 1 amide bonds. The number of aromatic nitrogens is 1. The van der Waals surface area contributed by atoms with Crippen LogP contribution in [0, 0.1) is 5.82 Å². The number of sulfone groups is 1. The van der Waals surface area contributed by atoms with E-state index in [2.05, 4.69) is 5.32 Å². The van der Waals surface area contributed by atoms with Gasteiger partial charge in [-0.2, -0.15) is 0 Å². The van der Waals surface area contributed by atoms with E-state index in [-0.39, 0.29) is 5.69 Å². The molecule has 0 radical (unpaired) electrons. The molecule has 0 fully saturated rings. The van der Waals surface area contributed by atoms with E-state index in [4.69, 9.17) is 0 Å². The Morgan fingerprint density at radius 2 is 1.78 bits per heavy atom. The minimum absolute atomic E-state index is 0.271. The number of halogens is 1. The first-order valence-electron chi connectivity index (χ1n) is 7.20. The fraction of sp³-hybridized carbons (Fsp3) is 0.312. The first kappa shape index (κ1) is 17.2. The summed E-state index contributed by atoms with van der Waals surface area (Å²) < 4.78 is 39.6. The van der Waals surface area contributed by atoms with Crippen molar-refractivity contribution < 1.29 is 17.6 Å². The molecule has 0 bridgehead atoms. The van der Waals surface area contributed by atoms with Crippen LogP contribution in [0.4, 0.5) is 10.1 Å². The summed E-state index contributed by atoms with van der Waals surface area (Å²) in [4.78, 5) is 12.2. The smallest absolute Gasteiger partial charge is 0.242 e. The number of anilines is 1. The summed E-state index contributed by atoms with van der Waals surface area (Å²) in [5.41, 5.74) is 0.609. The molecule has 1 heterocycles. The lowest BCUT2D eigenvalue weighted by molar-refractivity contribution is -0.115. The van der Waals surface area contributed by atoms with Crippen molar-refractivity contribution in [2.24, 2.45) is 0 Å². The van der Waals surface area contributed by atoms with Crippen LogP contribution in [0.3, 0.4) is 0 Å². The van der Waals surface area contributed by atoms with Crippen LogP contribution in [-0.4, -0.2) is 29.4 Å². The predicted octanol–water partition coefficient (Wildman–Crippen LogP) is 2.77. The molecule has 1 aromatic heterocycles. The van der Waals surface area contributed by atoms with Crippen LogP contribution < -0.4 is 5.32 Å². The van der Waals surface area contributed by atoms with E-state index in [9.17, 15) is 17.6 Å². The van der Waals surface area contributed by atoms with Gasteiger partial charge in [0.2, 0.25) is 5.91 Å². The van der Waals surface area contributed by atoms with Crippen molar-refractivity contribution in [1.29, 1.82) is 0 Å². The Morgan fingerprint density at radius 1 is 1.17 bits per heavy atom. The maximum absolute atomic E-state index is 13.9. The van der Waals surface area contributed by atoms with Crippen molar-refractivity contribution in [3.05, 3.63) is 48.5 Å². The van der Waals surface area contributed by atoms with E-state index in [1.807, 2.05) is 0 Å². The summed E-state index contributed by atoms with van der Waals surface area (Å²) in [5.74, 6) is -1.08. The van der Waals surface area contributed by atoms with Gasteiger partial charge in [-0.05, 0) is 51.1 Å². The van der Waals surface area contributed by atoms with E-state index >= 15 is 0 Å². The van der Waals surface area contributed by atoms with Gasteiger partial charge in [0.25, 0.3) is 0 Å². The van der Waals surface area contributed by atoms with Crippen LogP contribution in [-0.2, 0) is 14.6 Å². The first-order valence-corrected chi connectivity index (χ1v) is 8.81. The summed E-state index contributed by atoms with van der Waals surface area (Å²) in [5, 5.41) is 0.710. The Labute approximate surface area is 135 Å². The highest BCUT2D eigenvalue weighted by molar-refractivity contribution is 7.93. The molecule has 2 rings (SSSR count). The fourth-order valence-corrected chi connectivity index (χ4v) is 3.26. The van der Waals surface area contributed by atoms with E-state index in [1.165, 1.54) is 39.0 Å². The molecular weight excluding hydrogens is 319 g/mol. The van der Waals surface area contributed by atoms with Crippen LogP contribution >= 0.6 is 0 Å². The van der Waals surface area contributed by atoms with Crippen LogP contribution in [0.25, 0.3) is 5.69 Å². The van der Waals surface area contributed by atoms with E-state index in [0.717, 1.165) is 0 Å². The molecule has 0 saturated carbocycles. The quantitative estimate of drug-likeness (QED) is 0.911. The average molecular weight is 338 g/mol. The number of rotatable bonds is 5. The molecule has 23 heavy (non-hydrogen) atoms. The normalized spacial score (nSPS) is 13.1. The number of hydrogen-bond donors (Lipinski definition) is 1. The number of nitrogens with zero attached hydrogens (tertiary/aromatic N) is 1. The van der Waals surface area contributed by atoms with Gasteiger partial charge in [0.05, 0.1) is 10.9 Å². The van der Waals surface area contributed by atoms with Crippen molar-refractivity contribution in [3.63, 3.8) is 0 Å². The summed E-state index contributed by atoms with van der Waals surface area (Å²) in [6.45, 7) is 4.41. The molecule has 7 heteroatoms. The Kier molecular flexibility index (Phi) is 4.89. The van der Waals surface area contributed by atoms with Crippen molar-refractivity contribution >= 4 is 21.4 Å². The number of nitrogens with one attached hydrogen (secondary N) is 1. The standard InChI is InChI=1S/C16H19FN2O3S/c1-11(2)23(21,22)12(3)16(20)18-13-6-7-14(17)15(10-13)19-8-4-5-9-19/h4-12H,1-3H3,(H,18,20)/t12-/m0/s1. The van der Waals surface area contributed by atoms with E-state index < -0.39 is 32.1 Å². The topological polar surface area (TPSA) is 68.2 Å². The van der Waals surface area contributed by atoms with Gasteiger partial charge >= 0.3 is 0 Å². The summed E-state index contributed by atoms with van der Waals surface area (Å²) in [7, 11) is -3.55. The molecule has 2 aromatic rings. The minimum atomic E-state index is -3.55. The molecular formula is C16H19FN2O3S. The Hall–Kier alpha value is -2.15. The summed E-state index contributed by atoms with van der Waals surface area (Å²) in [6.07, 6.45) is 3.35. The van der Waals surface area contributed by atoms with Crippen LogP contribution in [0.15, 0.2) is 42.7 Å². The van der Waals surface area contributed by atoms with Gasteiger partial charge in [-0.3, -0.25) is 4.79 Å². The van der Waals surface area contributed by atoms with E-state index in [0.29, 0.717) is 5.69 Å². The van der Waals surface area contributed by atoms with Crippen molar-refractivity contribution in [2.75, 3.05) is 5.32 Å². The third-order valence-corrected chi connectivity index (χ3v) is 6.13. The van der Waals surface area contributed by atoms with Crippen LogP contribution in [0.2, 0.25) is 0 Å². The largest absolute Gasteiger partial charge is 0.325 e. The number of carbonyl (C=O) groups is 1. The monoisotopic (exact) mass is 338 g/mol. The molecule has 0 saturated heterocycles. The Balaban J connectivity index is 2.24. The third kappa shape index (κ3) is 3.61. The zero-order valence-corrected chi connectivity index (χ0v) is 14.0. The third-order valence-electron chi connectivity index (χ3n) is 3.62. The lowest BCUT2D eigenvalue weighted by atomic mass is 10.2. The average Bonchev–Trinajstić information content (AvgIpc) is 3.02. The number of amides is 1. The fourth-order valence-electron chi connectivity index (χ4n) is 2.08. The van der Waals surface area contributed by atoms with Crippen LogP contribution in [0.5, 0.6) is 0 Å². The highest BCUT2D eigenvalue weighted by atomic mass is 32.2. The molecule has 0 aliphatic heterocycles. The minimum Gasteiger partial charge on any atom is -0.325 e. The molecule has 0 aliphatic carbocycles. The van der Waals surface area contributed by atoms with Gasteiger partial charge in [-0.1, -0.05) is 0 Å². The van der Waals surface area contributed by atoms with Crippen LogP contribution in [0.1, 0.15) is 20.8 Å². The predicted molar refractivity (Wildman–Crippen MR) is 87.9 cm³/mol. The lowest BCUT2D eigenvalue weighted by Crippen LogP contribution is -2.36. The second-order valence-corrected chi connectivity index (χ2v) is 8.35. The molecule has 0 unspecified atom stereocenters.